The quantitative estimate of drug-likeness (QED) is 0.173. The van der Waals surface area contributed by atoms with E-state index in [1.807, 2.05) is 36.6 Å². The van der Waals surface area contributed by atoms with Gasteiger partial charge >= 0.3 is 5.97 Å². The van der Waals surface area contributed by atoms with E-state index < -0.39 is 11.8 Å². The van der Waals surface area contributed by atoms with Crippen molar-refractivity contribution in [3.8, 4) is 11.4 Å². The first-order valence-corrected chi connectivity index (χ1v) is 11.5. The number of rotatable bonds is 4. The van der Waals surface area contributed by atoms with E-state index in [1.165, 1.54) is 11.8 Å². The number of nitrogens with one attached hydrogen (secondary N) is 1. The zero-order valence-corrected chi connectivity index (χ0v) is 21.0. The lowest BCUT2D eigenvalue weighted by Crippen LogP contribution is -2.54. The zero-order chi connectivity index (χ0) is 24.6. The number of carbonyl (C=O) groups excluding carboxylic acids is 3. The predicted octanol–water partition coefficient (Wildman–Crippen LogP) is 4.61. The van der Waals surface area contributed by atoms with Crippen LogP contribution in [0.15, 0.2) is 64.6 Å². The number of aryl methyl sites for hydroxylation is 1. The molecule has 0 atom stereocenters. The second-order valence-corrected chi connectivity index (χ2v) is 8.99. The minimum absolute atomic E-state index is 0.0121. The van der Waals surface area contributed by atoms with Crippen LogP contribution >= 0.6 is 28.1 Å². The molecule has 172 valence electrons. The predicted molar refractivity (Wildman–Crippen MR) is 137 cm³/mol. The maximum Gasteiger partial charge on any atom is 0.308 e. The number of amides is 2. The second-order valence-electron chi connectivity index (χ2n) is 7.68. The van der Waals surface area contributed by atoms with E-state index >= 15 is 0 Å². The van der Waals surface area contributed by atoms with Gasteiger partial charge in [0.25, 0.3) is 11.8 Å². The fraction of sp³-hybridized carbons (Fsp3) is 0.120. The van der Waals surface area contributed by atoms with Crippen molar-refractivity contribution in [2.75, 3.05) is 4.90 Å². The monoisotopic (exact) mass is 537 g/mol. The van der Waals surface area contributed by atoms with Crippen LogP contribution in [0.2, 0.25) is 0 Å². The van der Waals surface area contributed by atoms with Crippen molar-refractivity contribution in [2.45, 2.75) is 20.8 Å². The number of thiocarbonyl (C=S) groups is 1. The molecule has 1 fully saturated rings. The van der Waals surface area contributed by atoms with Crippen LogP contribution in [0.4, 0.5) is 5.69 Å². The van der Waals surface area contributed by atoms with E-state index in [-0.39, 0.29) is 16.7 Å². The van der Waals surface area contributed by atoms with E-state index in [0.29, 0.717) is 11.4 Å². The minimum atomic E-state index is -0.543. The van der Waals surface area contributed by atoms with Gasteiger partial charge in [0.1, 0.15) is 11.3 Å². The van der Waals surface area contributed by atoms with Crippen LogP contribution in [0.25, 0.3) is 11.8 Å². The topological polar surface area (TPSA) is 80.6 Å². The molecule has 3 aromatic rings. The lowest BCUT2D eigenvalue weighted by Gasteiger charge is -2.29. The van der Waals surface area contributed by atoms with Crippen molar-refractivity contribution in [3.05, 3.63) is 81.6 Å². The number of esters is 1. The Labute approximate surface area is 210 Å². The van der Waals surface area contributed by atoms with Gasteiger partial charge in [0, 0.05) is 28.5 Å². The van der Waals surface area contributed by atoms with Crippen molar-refractivity contribution >= 4 is 62.8 Å². The Morgan fingerprint density at radius 3 is 2.26 bits per heavy atom. The molecule has 2 heterocycles. The molecule has 0 bridgehead atoms. The Bertz CT molecular complexity index is 1360. The Balaban J connectivity index is 1.70. The summed E-state index contributed by atoms with van der Waals surface area (Å²) >= 11 is 8.64. The van der Waals surface area contributed by atoms with Crippen molar-refractivity contribution in [1.29, 1.82) is 0 Å². The van der Waals surface area contributed by atoms with Crippen LogP contribution in [-0.4, -0.2) is 27.5 Å². The Morgan fingerprint density at radius 1 is 1.03 bits per heavy atom. The summed E-state index contributed by atoms with van der Waals surface area (Å²) in [6.07, 6.45) is 1.58. The maximum absolute atomic E-state index is 13.3. The van der Waals surface area contributed by atoms with Gasteiger partial charge in [-0.25, -0.2) is 0 Å². The van der Waals surface area contributed by atoms with Gasteiger partial charge in [0.05, 0.1) is 5.69 Å². The molecular formula is C25H20BrN3O4S. The maximum atomic E-state index is 13.3. The lowest BCUT2D eigenvalue weighted by molar-refractivity contribution is -0.132. The van der Waals surface area contributed by atoms with E-state index in [4.69, 9.17) is 17.0 Å². The highest BCUT2D eigenvalue weighted by Crippen LogP contribution is 2.27. The smallest absolute Gasteiger partial charge is 0.308 e. The first kappa shape index (κ1) is 23.6. The van der Waals surface area contributed by atoms with Crippen LogP contribution < -0.4 is 15.0 Å². The molecule has 0 radical (unpaired) electrons. The molecule has 1 aromatic heterocycles. The van der Waals surface area contributed by atoms with Crippen LogP contribution in [0, 0.1) is 13.8 Å². The number of benzene rings is 2. The van der Waals surface area contributed by atoms with E-state index in [9.17, 15) is 14.4 Å². The third-order valence-corrected chi connectivity index (χ3v) is 6.13. The number of ether oxygens (including phenoxy) is 1. The molecule has 0 spiro atoms. The number of hydrogen-bond acceptors (Lipinski definition) is 5. The summed E-state index contributed by atoms with van der Waals surface area (Å²) in [6.45, 7) is 5.18. The van der Waals surface area contributed by atoms with E-state index in [2.05, 4.69) is 21.2 Å². The SMILES string of the molecule is CC(=O)Oc1ccc(-n2c(C)cc(C=C3C(=O)NC(=S)N(c4ccc(Br)cc4)C3=O)c2C)cc1. The van der Waals surface area contributed by atoms with Gasteiger partial charge in [-0.2, -0.15) is 0 Å². The van der Waals surface area contributed by atoms with E-state index in [1.54, 1.807) is 42.5 Å². The first-order chi connectivity index (χ1) is 16.2. The summed E-state index contributed by atoms with van der Waals surface area (Å²) in [7, 11) is 0. The highest BCUT2D eigenvalue weighted by atomic mass is 79.9. The number of carbonyl (C=O) groups is 3. The van der Waals surface area contributed by atoms with Gasteiger partial charge in [0.2, 0.25) is 0 Å². The van der Waals surface area contributed by atoms with Gasteiger partial charge in [-0.1, -0.05) is 15.9 Å². The molecule has 9 heteroatoms. The summed E-state index contributed by atoms with van der Waals surface area (Å²) in [5.41, 5.74) is 3.88. The Kier molecular flexibility index (Phi) is 6.49. The molecule has 2 aromatic carbocycles. The van der Waals surface area contributed by atoms with Crippen LogP contribution in [-0.2, 0) is 14.4 Å². The lowest BCUT2D eigenvalue weighted by atomic mass is 10.1. The Morgan fingerprint density at radius 2 is 1.65 bits per heavy atom. The molecule has 34 heavy (non-hydrogen) atoms. The van der Waals surface area contributed by atoms with Crippen molar-refractivity contribution in [3.63, 3.8) is 0 Å². The molecule has 4 rings (SSSR count). The average molecular weight is 538 g/mol. The highest BCUT2D eigenvalue weighted by Gasteiger charge is 2.34. The molecule has 0 saturated carbocycles. The van der Waals surface area contributed by atoms with Gasteiger partial charge in [-0.05, 0) is 92.3 Å². The average Bonchev–Trinajstić information content (AvgIpc) is 3.05. The molecule has 1 aliphatic rings. The van der Waals surface area contributed by atoms with Crippen LogP contribution in [0.1, 0.15) is 23.9 Å². The van der Waals surface area contributed by atoms with Gasteiger partial charge in [-0.15, -0.1) is 0 Å². The summed E-state index contributed by atoms with van der Waals surface area (Å²) < 4.78 is 7.95. The van der Waals surface area contributed by atoms with Gasteiger partial charge in [0.15, 0.2) is 5.11 Å². The third kappa shape index (κ3) is 4.57. The third-order valence-electron chi connectivity index (χ3n) is 5.31. The summed E-state index contributed by atoms with van der Waals surface area (Å²) in [5.74, 6) is -0.970. The first-order valence-electron chi connectivity index (χ1n) is 10.3. The number of hydrogen-bond donors (Lipinski definition) is 1. The van der Waals surface area contributed by atoms with Gasteiger partial charge < -0.3 is 9.30 Å². The normalized spacial score (nSPS) is 15.0. The largest absolute Gasteiger partial charge is 0.427 e. The summed E-state index contributed by atoms with van der Waals surface area (Å²) in [4.78, 5) is 38.4. The minimum Gasteiger partial charge on any atom is -0.427 e. The molecular weight excluding hydrogens is 518 g/mol. The Hall–Kier alpha value is -3.56. The highest BCUT2D eigenvalue weighted by molar-refractivity contribution is 9.10. The molecule has 7 nitrogen and oxygen atoms in total. The molecule has 2 amide bonds. The van der Waals surface area contributed by atoms with Crippen LogP contribution in [0.5, 0.6) is 5.75 Å². The number of nitrogens with zero attached hydrogens (tertiary/aromatic N) is 2. The fourth-order valence-corrected chi connectivity index (χ4v) is 4.34. The summed E-state index contributed by atoms with van der Waals surface area (Å²) in [6, 6.07) is 16.1. The molecule has 0 aliphatic carbocycles. The fourth-order valence-electron chi connectivity index (χ4n) is 3.80. The van der Waals surface area contributed by atoms with Crippen molar-refractivity contribution < 1.29 is 19.1 Å². The molecule has 1 N–H and O–H groups in total. The standard InChI is InChI=1S/C25H20BrN3O4S/c1-14-12-17(15(2)28(14)19-8-10-21(11-9-19)33-16(3)30)13-22-23(31)27-25(34)29(24(22)32)20-6-4-18(26)5-7-20/h4-13H,1-3H3,(H,27,31,34). The van der Waals surface area contributed by atoms with Crippen molar-refractivity contribution in [2.24, 2.45) is 0 Å². The number of anilines is 1. The molecule has 0 unspecified atom stereocenters. The molecule has 1 saturated heterocycles. The van der Waals surface area contributed by atoms with Crippen molar-refractivity contribution in [1.82, 2.24) is 9.88 Å². The number of halogens is 1. The van der Waals surface area contributed by atoms with Crippen LogP contribution in [0.3, 0.4) is 0 Å². The zero-order valence-electron chi connectivity index (χ0n) is 18.6. The van der Waals surface area contributed by atoms with Gasteiger partial charge in [-0.3, -0.25) is 24.6 Å². The second kappa shape index (κ2) is 9.36. The molecule has 1 aliphatic heterocycles. The number of aromatic nitrogens is 1. The van der Waals surface area contributed by atoms with E-state index in [0.717, 1.165) is 27.1 Å². The summed E-state index contributed by atoms with van der Waals surface area (Å²) in [5, 5.41) is 2.64.